The number of aromatic amines is 1. The van der Waals surface area contributed by atoms with Crippen molar-refractivity contribution in [2.75, 3.05) is 26.7 Å². The fourth-order valence-corrected chi connectivity index (χ4v) is 2.87. The van der Waals surface area contributed by atoms with Crippen LogP contribution in [0, 0.1) is 0 Å². The van der Waals surface area contributed by atoms with Gasteiger partial charge in [-0.25, -0.2) is 8.78 Å². The number of H-pyrrole nitrogens is 1. The lowest BCUT2D eigenvalue weighted by Crippen LogP contribution is -2.40. The van der Waals surface area contributed by atoms with Crippen molar-refractivity contribution in [1.29, 1.82) is 0 Å². The van der Waals surface area contributed by atoms with Crippen molar-refractivity contribution in [3.8, 4) is 5.75 Å². The second kappa shape index (κ2) is 5.64. The van der Waals surface area contributed by atoms with Gasteiger partial charge < -0.3 is 14.6 Å². The number of benzene rings is 1. The molecule has 0 spiro atoms. The van der Waals surface area contributed by atoms with Crippen LogP contribution in [-0.4, -0.2) is 42.6 Å². The van der Waals surface area contributed by atoms with Gasteiger partial charge in [-0.05, 0) is 30.2 Å². The first kappa shape index (κ1) is 14.3. The third-order valence-corrected chi connectivity index (χ3v) is 4.26. The van der Waals surface area contributed by atoms with Crippen molar-refractivity contribution in [1.82, 2.24) is 9.88 Å². The summed E-state index contributed by atoms with van der Waals surface area (Å²) in [5.41, 5.74) is 2.29. The molecule has 1 fully saturated rings. The summed E-state index contributed by atoms with van der Waals surface area (Å²) in [6.45, 7) is 1.79. The molecule has 1 saturated heterocycles. The Morgan fingerprint density at radius 2 is 2.05 bits per heavy atom. The quantitative estimate of drug-likeness (QED) is 0.935. The van der Waals surface area contributed by atoms with Gasteiger partial charge in [-0.3, -0.25) is 0 Å². The highest BCUT2D eigenvalue weighted by molar-refractivity contribution is 5.84. The summed E-state index contributed by atoms with van der Waals surface area (Å²) in [5, 5.41) is 1.15. The highest BCUT2D eigenvalue weighted by Gasteiger charge is 2.33. The maximum Gasteiger partial charge on any atom is 0.250 e. The van der Waals surface area contributed by atoms with Crippen LogP contribution >= 0.6 is 0 Å². The standard InChI is InChI=1S/C16H20F2N2O/c1-21-13-2-3-15-14(10-13)12(11-19-15)4-7-20-8-5-16(17,18)6-9-20/h2-3,10-11,19H,4-9H2,1H3. The summed E-state index contributed by atoms with van der Waals surface area (Å²) in [6.07, 6.45) is 2.82. The van der Waals surface area contributed by atoms with Gasteiger partial charge in [0.1, 0.15) is 5.75 Å². The molecule has 2 aromatic rings. The normalized spacial score (nSPS) is 19.0. The Bertz CT molecular complexity index is 614. The molecule has 3 rings (SSSR count). The third-order valence-electron chi connectivity index (χ3n) is 4.26. The van der Waals surface area contributed by atoms with E-state index in [1.165, 1.54) is 5.56 Å². The number of methoxy groups -OCH3 is 1. The van der Waals surface area contributed by atoms with E-state index in [1.807, 2.05) is 24.4 Å². The first-order chi connectivity index (χ1) is 10.1. The minimum Gasteiger partial charge on any atom is -0.497 e. The van der Waals surface area contributed by atoms with Crippen LogP contribution in [0.2, 0.25) is 0 Å². The molecule has 0 unspecified atom stereocenters. The van der Waals surface area contributed by atoms with Crippen LogP contribution in [0.5, 0.6) is 5.75 Å². The minimum absolute atomic E-state index is 0.0191. The maximum absolute atomic E-state index is 13.1. The highest BCUT2D eigenvalue weighted by atomic mass is 19.3. The van der Waals surface area contributed by atoms with Crippen LogP contribution in [0.25, 0.3) is 10.9 Å². The topological polar surface area (TPSA) is 28.3 Å². The Balaban J connectivity index is 1.65. The smallest absolute Gasteiger partial charge is 0.250 e. The summed E-state index contributed by atoms with van der Waals surface area (Å²) in [7, 11) is 1.65. The van der Waals surface area contributed by atoms with Gasteiger partial charge in [0, 0.05) is 49.6 Å². The molecule has 1 aliphatic rings. The number of nitrogens with zero attached hydrogens (tertiary/aromatic N) is 1. The zero-order valence-electron chi connectivity index (χ0n) is 12.2. The molecule has 0 atom stereocenters. The van der Waals surface area contributed by atoms with E-state index in [-0.39, 0.29) is 12.8 Å². The molecule has 1 aliphatic heterocycles. The van der Waals surface area contributed by atoms with E-state index >= 15 is 0 Å². The molecule has 1 aromatic carbocycles. The fourth-order valence-electron chi connectivity index (χ4n) is 2.87. The molecule has 0 amide bonds. The second-order valence-electron chi connectivity index (χ2n) is 5.67. The number of aromatic nitrogens is 1. The zero-order valence-corrected chi connectivity index (χ0v) is 12.2. The Morgan fingerprint density at radius 1 is 1.29 bits per heavy atom. The van der Waals surface area contributed by atoms with E-state index in [0.29, 0.717) is 13.1 Å². The Kier molecular flexibility index (Phi) is 3.85. The largest absolute Gasteiger partial charge is 0.497 e. The van der Waals surface area contributed by atoms with E-state index in [4.69, 9.17) is 4.74 Å². The highest BCUT2D eigenvalue weighted by Crippen LogP contribution is 2.28. The summed E-state index contributed by atoms with van der Waals surface area (Å²) >= 11 is 0. The SMILES string of the molecule is COc1ccc2[nH]cc(CCN3CCC(F)(F)CC3)c2c1. The number of halogens is 2. The predicted molar refractivity (Wildman–Crippen MR) is 79.2 cm³/mol. The van der Waals surface area contributed by atoms with E-state index in [0.717, 1.165) is 29.6 Å². The lowest BCUT2D eigenvalue weighted by Gasteiger charge is -2.31. The molecule has 5 heteroatoms. The molecule has 0 bridgehead atoms. The summed E-state index contributed by atoms with van der Waals surface area (Å²) in [5.74, 6) is -1.63. The van der Waals surface area contributed by atoms with Crippen molar-refractivity contribution in [2.45, 2.75) is 25.2 Å². The van der Waals surface area contributed by atoms with Crippen LogP contribution in [0.3, 0.4) is 0 Å². The van der Waals surface area contributed by atoms with Crippen molar-refractivity contribution >= 4 is 10.9 Å². The van der Waals surface area contributed by atoms with Crippen LogP contribution in [0.1, 0.15) is 18.4 Å². The van der Waals surface area contributed by atoms with E-state index in [2.05, 4.69) is 9.88 Å². The number of likely N-dealkylation sites (tertiary alicyclic amines) is 1. The molecule has 0 radical (unpaired) electrons. The number of ether oxygens (including phenoxy) is 1. The molecular formula is C16H20F2N2O. The van der Waals surface area contributed by atoms with E-state index < -0.39 is 5.92 Å². The first-order valence-electron chi connectivity index (χ1n) is 7.32. The average Bonchev–Trinajstić information content (AvgIpc) is 2.88. The Labute approximate surface area is 122 Å². The average molecular weight is 294 g/mol. The van der Waals surface area contributed by atoms with Gasteiger partial charge in [-0.1, -0.05) is 0 Å². The minimum atomic E-state index is -2.47. The molecule has 1 aromatic heterocycles. The summed E-state index contributed by atoms with van der Waals surface area (Å²) in [6, 6.07) is 5.94. The molecule has 0 saturated carbocycles. The zero-order chi connectivity index (χ0) is 14.9. The third kappa shape index (κ3) is 3.18. The number of nitrogens with one attached hydrogen (secondary N) is 1. The van der Waals surface area contributed by atoms with Crippen molar-refractivity contribution in [3.63, 3.8) is 0 Å². The molecule has 0 aliphatic carbocycles. The van der Waals surface area contributed by atoms with Gasteiger partial charge in [-0.2, -0.15) is 0 Å². The monoisotopic (exact) mass is 294 g/mol. The van der Waals surface area contributed by atoms with Gasteiger partial charge in [0.25, 0.3) is 5.92 Å². The van der Waals surface area contributed by atoms with Crippen LogP contribution in [0.15, 0.2) is 24.4 Å². The van der Waals surface area contributed by atoms with Gasteiger partial charge in [-0.15, -0.1) is 0 Å². The van der Waals surface area contributed by atoms with Crippen molar-refractivity contribution in [3.05, 3.63) is 30.0 Å². The fraction of sp³-hybridized carbons (Fsp3) is 0.500. The molecule has 3 nitrogen and oxygen atoms in total. The number of fused-ring (bicyclic) bond motifs is 1. The van der Waals surface area contributed by atoms with Crippen molar-refractivity contribution in [2.24, 2.45) is 0 Å². The Hall–Kier alpha value is -1.62. The molecular weight excluding hydrogens is 274 g/mol. The van der Waals surface area contributed by atoms with Crippen molar-refractivity contribution < 1.29 is 13.5 Å². The first-order valence-corrected chi connectivity index (χ1v) is 7.32. The Morgan fingerprint density at radius 3 is 2.76 bits per heavy atom. The van der Waals surface area contributed by atoms with Gasteiger partial charge in [0.2, 0.25) is 0 Å². The summed E-state index contributed by atoms with van der Waals surface area (Å²) in [4.78, 5) is 5.37. The van der Waals surface area contributed by atoms with Crippen LogP contribution in [0.4, 0.5) is 8.78 Å². The maximum atomic E-state index is 13.1. The van der Waals surface area contributed by atoms with Gasteiger partial charge in [0.05, 0.1) is 7.11 Å². The molecule has 21 heavy (non-hydrogen) atoms. The van der Waals surface area contributed by atoms with E-state index in [1.54, 1.807) is 7.11 Å². The lowest BCUT2D eigenvalue weighted by atomic mass is 10.1. The number of hydrogen-bond donors (Lipinski definition) is 1. The van der Waals surface area contributed by atoms with Crippen LogP contribution < -0.4 is 4.74 Å². The van der Waals surface area contributed by atoms with Gasteiger partial charge >= 0.3 is 0 Å². The molecule has 2 heterocycles. The van der Waals surface area contributed by atoms with E-state index in [9.17, 15) is 8.78 Å². The molecule has 114 valence electrons. The number of rotatable bonds is 4. The number of piperidine rings is 1. The predicted octanol–water partition coefficient (Wildman–Crippen LogP) is 3.45. The molecule has 1 N–H and O–H groups in total. The number of alkyl halides is 2. The second-order valence-corrected chi connectivity index (χ2v) is 5.67. The summed E-state index contributed by atoms with van der Waals surface area (Å²) < 4.78 is 31.5. The van der Waals surface area contributed by atoms with Gasteiger partial charge in [0.15, 0.2) is 0 Å². The lowest BCUT2D eigenvalue weighted by molar-refractivity contribution is -0.0547. The van der Waals surface area contributed by atoms with Crippen LogP contribution in [-0.2, 0) is 6.42 Å². The number of hydrogen-bond acceptors (Lipinski definition) is 2.